The van der Waals surface area contributed by atoms with E-state index in [1.54, 1.807) is 0 Å². The minimum absolute atomic E-state index is 0.000880. The molecule has 0 bridgehead atoms. The second-order valence-electron chi connectivity index (χ2n) is 2.09. The summed E-state index contributed by atoms with van der Waals surface area (Å²) in [4.78, 5) is 10.9. The number of hydrogen-bond acceptors (Lipinski definition) is 3. The summed E-state index contributed by atoms with van der Waals surface area (Å²) in [5.74, 6) is -0.134. The zero-order chi connectivity index (χ0) is 7.40. The van der Waals surface area contributed by atoms with Crippen molar-refractivity contribution in [2.24, 2.45) is 5.92 Å². The second-order valence-corrected chi connectivity index (χ2v) is 2.88. The van der Waals surface area contributed by atoms with E-state index < -0.39 is 0 Å². The van der Waals surface area contributed by atoms with Gasteiger partial charge in [0.05, 0.1) is 13.2 Å². The van der Waals surface area contributed by atoms with Crippen molar-refractivity contribution in [3.8, 4) is 0 Å². The minimum Gasteiger partial charge on any atom is -0.464 e. The molecule has 0 aromatic rings. The first kappa shape index (κ1) is 8.01. The van der Waals surface area contributed by atoms with Crippen molar-refractivity contribution in [1.82, 2.24) is 0 Å². The Bertz CT molecular complexity index is 122. The van der Waals surface area contributed by atoms with Crippen LogP contribution in [0.25, 0.3) is 0 Å². The van der Waals surface area contributed by atoms with Crippen molar-refractivity contribution >= 4 is 21.9 Å². The minimum atomic E-state index is -0.134. The molecule has 0 saturated carbocycles. The molecule has 1 saturated heterocycles. The normalized spacial score (nSPS) is 18.1. The van der Waals surface area contributed by atoms with Crippen molar-refractivity contribution in [1.29, 1.82) is 0 Å². The Labute approximate surface area is 67.8 Å². The molecule has 0 aromatic carbocycles. The average molecular weight is 209 g/mol. The van der Waals surface area contributed by atoms with Crippen LogP contribution >= 0.6 is 15.9 Å². The van der Waals surface area contributed by atoms with Gasteiger partial charge in [-0.3, -0.25) is 4.79 Å². The van der Waals surface area contributed by atoms with E-state index in [0.717, 1.165) is 0 Å². The van der Waals surface area contributed by atoms with Gasteiger partial charge in [-0.25, -0.2) is 0 Å². The standard InChI is InChI=1S/C6H9BrO3/c7-1-2-10-6(8)5-3-9-4-5/h5H,1-4H2. The van der Waals surface area contributed by atoms with Gasteiger partial charge >= 0.3 is 5.97 Å². The molecule has 3 nitrogen and oxygen atoms in total. The number of halogens is 1. The SMILES string of the molecule is O=C(OCCBr)C1COC1. The van der Waals surface area contributed by atoms with Crippen LogP contribution in [-0.2, 0) is 14.3 Å². The number of carbonyl (C=O) groups is 1. The van der Waals surface area contributed by atoms with Crippen LogP contribution in [-0.4, -0.2) is 31.1 Å². The largest absolute Gasteiger partial charge is 0.464 e. The Morgan fingerprint density at radius 1 is 1.70 bits per heavy atom. The van der Waals surface area contributed by atoms with E-state index in [1.807, 2.05) is 0 Å². The van der Waals surface area contributed by atoms with Gasteiger partial charge in [-0.05, 0) is 0 Å². The third kappa shape index (κ3) is 1.95. The molecule has 0 aliphatic carbocycles. The summed E-state index contributed by atoms with van der Waals surface area (Å²) in [5.41, 5.74) is 0. The molecule has 1 fully saturated rings. The fourth-order valence-electron chi connectivity index (χ4n) is 0.629. The zero-order valence-corrected chi connectivity index (χ0v) is 7.09. The predicted octanol–water partition coefficient (Wildman–Crippen LogP) is 0.571. The quantitative estimate of drug-likeness (QED) is 0.503. The lowest BCUT2D eigenvalue weighted by atomic mass is 10.1. The second kappa shape index (κ2) is 3.93. The lowest BCUT2D eigenvalue weighted by Gasteiger charge is -2.23. The Morgan fingerprint density at radius 2 is 2.40 bits per heavy atom. The Balaban J connectivity index is 2.08. The summed E-state index contributed by atoms with van der Waals surface area (Å²) in [6.45, 7) is 1.51. The van der Waals surface area contributed by atoms with Crippen LogP contribution in [0, 0.1) is 5.92 Å². The molecule has 1 heterocycles. The van der Waals surface area contributed by atoms with Crippen LogP contribution in [0.15, 0.2) is 0 Å². The van der Waals surface area contributed by atoms with Gasteiger partial charge in [0.25, 0.3) is 0 Å². The fraction of sp³-hybridized carbons (Fsp3) is 0.833. The smallest absolute Gasteiger partial charge is 0.313 e. The van der Waals surface area contributed by atoms with E-state index >= 15 is 0 Å². The molecule has 1 aliphatic heterocycles. The van der Waals surface area contributed by atoms with Crippen LogP contribution < -0.4 is 0 Å². The lowest BCUT2D eigenvalue weighted by Crippen LogP contribution is -2.36. The molecule has 0 radical (unpaired) electrons. The molecular weight excluding hydrogens is 200 g/mol. The zero-order valence-electron chi connectivity index (χ0n) is 5.51. The summed E-state index contributed by atoms with van der Waals surface area (Å²) in [6, 6.07) is 0. The van der Waals surface area contributed by atoms with Gasteiger partial charge < -0.3 is 9.47 Å². The number of alkyl halides is 1. The first-order valence-electron chi connectivity index (χ1n) is 3.15. The maximum Gasteiger partial charge on any atom is 0.313 e. The summed E-state index contributed by atoms with van der Waals surface area (Å²) >= 11 is 3.16. The molecule has 0 N–H and O–H groups in total. The molecule has 0 spiro atoms. The molecule has 1 rings (SSSR count). The van der Waals surface area contributed by atoms with E-state index in [-0.39, 0.29) is 11.9 Å². The first-order valence-corrected chi connectivity index (χ1v) is 4.27. The lowest BCUT2D eigenvalue weighted by molar-refractivity contribution is -0.162. The Hall–Kier alpha value is -0.0900. The van der Waals surface area contributed by atoms with Gasteiger partial charge in [0.15, 0.2) is 0 Å². The van der Waals surface area contributed by atoms with Crippen molar-refractivity contribution in [2.75, 3.05) is 25.2 Å². The highest BCUT2D eigenvalue weighted by Crippen LogP contribution is 2.11. The van der Waals surface area contributed by atoms with Crippen molar-refractivity contribution in [3.63, 3.8) is 0 Å². The van der Waals surface area contributed by atoms with Gasteiger partial charge in [0.1, 0.15) is 12.5 Å². The number of hydrogen-bond donors (Lipinski definition) is 0. The highest BCUT2D eigenvalue weighted by atomic mass is 79.9. The highest BCUT2D eigenvalue weighted by molar-refractivity contribution is 9.09. The third-order valence-corrected chi connectivity index (χ3v) is 1.62. The molecule has 1 aliphatic rings. The average Bonchev–Trinajstić information content (AvgIpc) is 1.79. The van der Waals surface area contributed by atoms with Gasteiger partial charge in [0, 0.05) is 5.33 Å². The Kier molecular flexibility index (Phi) is 3.15. The summed E-state index contributed by atoms with van der Waals surface area (Å²) < 4.78 is 9.65. The fourth-order valence-corrected chi connectivity index (χ4v) is 0.791. The molecule has 0 atom stereocenters. The Morgan fingerprint density at radius 3 is 2.80 bits per heavy atom. The predicted molar refractivity (Wildman–Crippen MR) is 39.1 cm³/mol. The van der Waals surface area contributed by atoms with Crippen LogP contribution in [0.4, 0.5) is 0 Å². The van der Waals surface area contributed by atoms with Gasteiger partial charge in [-0.1, -0.05) is 15.9 Å². The maximum atomic E-state index is 10.9. The molecular formula is C6H9BrO3. The van der Waals surface area contributed by atoms with Crippen molar-refractivity contribution in [2.45, 2.75) is 0 Å². The van der Waals surface area contributed by atoms with Crippen LogP contribution in [0.2, 0.25) is 0 Å². The number of ether oxygens (including phenoxy) is 2. The summed E-state index contributed by atoms with van der Waals surface area (Å²) in [7, 11) is 0. The van der Waals surface area contributed by atoms with Crippen LogP contribution in [0.5, 0.6) is 0 Å². The maximum absolute atomic E-state index is 10.9. The van der Waals surface area contributed by atoms with Gasteiger partial charge in [-0.2, -0.15) is 0 Å². The van der Waals surface area contributed by atoms with E-state index in [2.05, 4.69) is 15.9 Å². The number of esters is 1. The summed E-state index contributed by atoms with van der Waals surface area (Å²) in [6.07, 6.45) is 0. The van der Waals surface area contributed by atoms with E-state index in [4.69, 9.17) is 9.47 Å². The molecule has 0 unspecified atom stereocenters. The first-order chi connectivity index (χ1) is 4.84. The third-order valence-electron chi connectivity index (χ3n) is 1.29. The molecule has 4 heteroatoms. The van der Waals surface area contributed by atoms with Crippen molar-refractivity contribution in [3.05, 3.63) is 0 Å². The number of carbonyl (C=O) groups excluding carboxylic acids is 1. The van der Waals surface area contributed by atoms with Gasteiger partial charge in [0.2, 0.25) is 0 Å². The summed E-state index contributed by atoms with van der Waals surface area (Å²) in [5, 5.41) is 0.701. The molecule has 0 amide bonds. The van der Waals surface area contributed by atoms with Crippen LogP contribution in [0.1, 0.15) is 0 Å². The van der Waals surface area contributed by atoms with E-state index in [9.17, 15) is 4.79 Å². The molecule has 58 valence electrons. The van der Waals surface area contributed by atoms with E-state index in [1.165, 1.54) is 0 Å². The van der Waals surface area contributed by atoms with Crippen LogP contribution in [0.3, 0.4) is 0 Å². The molecule has 10 heavy (non-hydrogen) atoms. The van der Waals surface area contributed by atoms with E-state index in [0.29, 0.717) is 25.2 Å². The monoisotopic (exact) mass is 208 g/mol. The van der Waals surface area contributed by atoms with Gasteiger partial charge in [-0.15, -0.1) is 0 Å². The topological polar surface area (TPSA) is 35.5 Å². The van der Waals surface area contributed by atoms with Crippen molar-refractivity contribution < 1.29 is 14.3 Å². The highest BCUT2D eigenvalue weighted by Gasteiger charge is 2.27. The number of rotatable bonds is 3. The molecule has 0 aromatic heterocycles.